The Kier molecular flexibility index (Phi) is 10.2. The highest BCUT2D eigenvalue weighted by Gasteiger charge is 2.43. The second-order valence-corrected chi connectivity index (χ2v) is 9.50. The van der Waals surface area contributed by atoms with Crippen molar-refractivity contribution in [3.05, 3.63) is 34.0 Å². The molecule has 0 aliphatic carbocycles. The number of likely N-dealkylation sites (tertiary alicyclic amines) is 2. The van der Waals surface area contributed by atoms with Crippen LogP contribution in [0.25, 0.3) is 0 Å². The lowest BCUT2D eigenvalue weighted by molar-refractivity contribution is -0.193. The van der Waals surface area contributed by atoms with Crippen LogP contribution in [0.3, 0.4) is 0 Å². The second-order valence-electron chi connectivity index (χ2n) is 8.44. The highest BCUT2D eigenvalue weighted by Crippen LogP contribution is 2.33. The predicted octanol–water partition coefficient (Wildman–Crippen LogP) is 3.22. The quantitative estimate of drug-likeness (QED) is 0.534. The molecule has 0 saturated carbocycles. The lowest BCUT2D eigenvalue weighted by Gasteiger charge is -2.39. The number of thiazole rings is 1. The predicted molar refractivity (Wildman–Crippen MR) is 120 cm³/mol. The number of aliphatic carboxylic acids is 2. The van der Waals surface area contributed by atoms with Gasteiger partial charge in [0.25, 0.3) is 0 Å². The number of carbonyl (C=O) groups is 3. The molecule has 2 N–H and O–H groups in total. The molecule has 10 nitrogen and oxygen atoms in total. The van der Waals surface area contributed by atoms with Crippen LogP contribution in [0.5, 0.6) is 0 Å². The van der Waals surface area contributed by atoms with Gasteiger partial charge >= 0.3 is 24.3 Å². The number of carboxylic acid groups (broad SMARTS) is 2. The van der Waals surface area contributed by atoms with E-state index in [1.54, 1.807) is 11.3 Å². The van der Waals surface area contributed by atoms with Gasteiger partial charge in [-0.3, -0.25) is 14.4 Å². The van der Waals surface area contributed by atoms with E-state index >= 15 is 0 Å². The molecule has 17 heteroatoms. The van der Waals surface area contributed by atoms with Crippen molar-refractivity contribution in [2.45, 2.75) is 63.7 Å². The Hall–Kier alpha value is -3.21. The lowest BCUT2D eigenvalue weighted by atomic mass is 9.96. The summed E-state index contributed by atoms with van der Waals surface area (Å²) in [7, 11) is 1.95. The van der Waals surface area contributed by atoms with Crippen molar-refractivity contribution in [1.29, 1.82) is 0 Å². The maximum absolute atomic E-state index is 12.5. The number of fused-ring (bicyclic) bond motifs is 1. The summed E-state index contributed by atoms with van der Waals surface area (Å²) >= 11 is 1.66. The summed E-state index contributed by atoms with van der Waals surface area (Å²) in [6.45, 7) is 4.64. The standard InChI is InChI=1S/C17H23N5OS.2C2HF3O2/c1-12-19-14(11-24-12)10-22-16-5-6-21(15(16)3-4-17(22)23)9-13-7-18-20(2)8-13;2*3-2(4,5)1(6)7/h7-8,11,15-16H,3-6,9-10H2,1-2H3;2*(H,6,7)/t15-,16-;;/m1../s1. The molecule has 2 aliphatic rings. The van der Waals surface area contributed by atoms with Crippen LogP contribution in [0.4, 0.5) is 26.3 Å². The van der Waals surface area contributed by atoms with Crippen molar-refractivity contribution in [3.8, 4) is 0 Å². The van der Waals surface area contributed by atoms with E-state index in [1.165, 1.54) is 5.56 Å². The monoisotopic (exact) mass is 573 g/mol. The van der Waals surface area contributed by atoms with Gasteiger partial charge in [-0.2, -0.15) is 31.4 Å². The summed E-state index contributed by atoms with van der Waals surface area (Å²) in [6, 6.07) is 0.785. The van der Waals surface area contributed by atoms with Crippen LogP contribution in [-0.4, -0.2) is 83.6 Å². The number of piperidine rings is 1. The van der Waals surface area contributed by atoms with Crippen molar-refractivity contribution >= 4 is 29.2 Å². The fourth-order valence-electron chi connectivity index (χ4n) is 4.08. The molecule has 2 aromatic heterocycles. The summed E-state index contributed by atoms with van der Waals surface area (Å²) in [5.74, 6) is -5.23. The van der Waals surface area contributed by atoms with Crippen LogP contribution < -0.4 is 0 Å². The van der Waals surface area contributed by atoms with Crippen molar-refractivity contribution in [2.24, 2.45) is 7.05 Å². The van der Waals surface area contributed by atoms with Gasteiger partial charge in [-0.05, 0) is 19.8 Å². The third-order valence-corrected chi connectivity index (χ3v) is 6.45. The molecule has 0 radical (unpaired) electrons. The van der Waals surface area contributed by atoms with Crippen LogP contribution in [0, 0.1) is 6.92 Å². The summed E-state index contributed by atoms with van der Waals surface area (Å²) in [6.07, 6.45) is -3.47. The first-order chi connectivity index (χ1) is 17.5. The number of carbonyl (C=O) groups excluding carboxylic acids is 1. The van der Waals surface area contributed by atoms with Crippen molar-refractivity contribution < 1.29 is 50.9 Å². The van der Waals surface area contributed by atoms with Crippen molar-refractivity contribution in [1.82, 2.24) is 24.6 Å². The number of rotatable bonds is 4. The zero-order valence-electron chi connectivity index (χ0n) is 20.2. The first kappa shape index (κ1) is 31.0. The van der Waals surface area contributed by atoms with Gasteiger partial charge in [0.15, 0.2) is 0 Å². The van der Waals surface area contributed by atoms with Gasteiger partial charge in [0.2, 0.25) is 5.91 Å². The number of carboxylic acids is 2. The Balaban J connectivity index is 0.000000301. The number of nitrogens with zero attached hydrogens (tertiary/aromatic N) is 5. The van der Waals surface area contributed by atoms with E-state index in [0.717, 1.165) is 36.6 Å². The Labute approximate surface area is 216 Å². The smallest absolute Gasteiger partial charge is 0.475 e. The molecule has 0 spiro atoms. The van der Waals surface area contributed by atoms with Crippen LogP contribution in [0.15, 0.2) is 17.8 Å². The number of halogens is 6. The van der Waals surface area contributed by atoms with E-state index < -0.39 is 24.3 Å². The number of hydrogen-bond acceptors (Lipinski definition) is 7. The van der Waals surface area contributed by atoms with Gasteiger partial charge < -0.3 is 15.1 Å². The maximum atomic E-state index is 12.5. The first-order valence-corrected chi connectivity index (χ1v) is 11.9. The molecule has 1 amide bonds. The Morgan fingerprint density at radius 3 is 2.08 bits per heavy atom. The zero-order chi connectivity index (χ0) is 28.8. The number of aromatic nitrogens is 3. The number of aryl methyl sites for hydroxylation is 2. The molecular formula is C21H25F6N5O5S. The average Bonchev–Trinajstić information content (AvgIpc) is 3.50. The van der Waals surface area contributed by atoms with Gasteiger partial charge in [-0.25, -0.2) is 14.6 Å². The topological polar surface area (TPSA) is 129 Å². The minimum absolute atomic E-state index is 0.283. The summed E-state index contributed by atoms with van der Waals surface area (Å²) in [4.78, 5) is 39.4. The van der Waals surface area contributed by atoms with E-state index in [4.69, 9.17) is 19.8 Å². The summed E-state index contributed by atoms with van der Waals surface area (Å²) < 4.78 is 65.3. The molecule has 2 aliphatic heterocycles. The maximum Gasteiger partial charge on any atom is 0.490 e. The normalized spacial score (nSPS) is 19.7. The molecular weight excluding hydrogens is 548 g/mol. The Bertz CT molecular complexity index is 1090. The fraction of sp³-hybridized carbons (Fsp3) is 0.571. The molecule has 4 heterocycles. The molecule has 2 fully saturated rings. The molecule has 2 aromatic rings. The highest BCUT2D eigenvalue weighted by atomic mass is 32.1. The molecule has 0 aromatic carbocycles. The first-order valence-electron chi connectivity index (χ1n) is 11.0. The molecule has 4 rings (SSSR count). The minimum Gasteiger partial charge on any atom is -0.475 e. The van der Waals surface area contributed by atoms with Gasteiger partial charge in [0, 0.05) is 55.8 Å². The molecule has 2 atom stereocenters. The molecule has 212 valence electrons. The van der Waals surface area contributed by atoms with E-state index in [0.29, 0.717) is 25.0 Å². The van der Waals surface area contributed by atoms with Gasteiger partial charge in [-0.1, -0.05) is 0 Å². The third-order valence-electron chi connectivity index (χ3n) is 5.63. The number of hydrogen-bond donors (Lipinski definition) is 2. The SMILES string of the molecule is Cc1nc(CN2C(=O)CC[C@@H]3[C@H]2CCN3Cc2cnn(C)c2)cs1.O=C(O)C(F)(F)F.O=C(O)C(F)(F)F. The third kappa shape index (κ3) is 8.97. The van der Waals surface area contributed by atoms with Gasteiger partial charge in [0.1, 0.15) is 0 Å². The summed E-state index contributed by atoms with van der Waals surface area (Å²) in [5.41, 5.74) is 2.27. The molecule has 2 saturated heterocycles. The van der Waals surface area contributed by atoms with Crippen LogP contribution in [0.1, 0.15) is 35.5 Å². The second kappa shape index (κ2) is 12.6. The van der Waals surface area contributed by atoms with E-state index in [9.17, 15) is 31.1 Å². The largest absolute Gasteiger partial charge is 0.490 e. The van der Waals surface area contributed by atoms with Crippen molar-refractivity contribution in [2.75, 3.05) is 6.54 Å². The van der Waals surface area contributed by atoms with Gasteiger partial charge in [0.05, 0.1) is 23.4 Å². The van der Waals surface area contributed by atoms with Crippen LogP contribution in [0.2, 0.25) is 0 Å². The van der Waals surface area contributed by atoms with E-state index in [1.807, 2.05) is 24.9 Å². The molecule has 0 bridgehead atoms. The molecule has 38 heavy (non-hydrogen) atoms. The number of amides is 1. The van der Waals surface area contributed by atoms with E-state index in [-0.39, 0.29) is 5.91 Å². The van der Waals surface area contributed by atoms with Crippen LogP contribution >= 0.6 is 11.3 Å². The highest BCUT2D eigenvalue weighted by molar-refractivity contribution is 7.09. The summed E-state index contributed by atoms with van der Waals surface area (Å²) in [5, 5.41) is 21.7. The average molecular weight is 574 g/mol. The number of alkyl halides is 6. The molecule has 0 unspecified atom stereocenters. The lowest BCUT2D eigenvalue weighted by Crippen LogP contribution is -2.51. The van der Waals surface area contributed by atoms with Crippen molar-refractivity contribution in [3.63, 3.8) is 0 Å². The Morgan fingerprint density at radius 1 is 1.05 bits per heavy atom. The van der Waals surface area contributed by atoms with Gasteiger partial charge in [-0.15, -0.1) is 11.3 Å². The Morgan fingerprint density at radius 2 is 1.63 bits per heavy atom. The van der Waals surface area contributed by atoms with Crippen LogP contribution in [-0.2, 0) is 34.5 Å². The zero-order valence-corrected chi connectivity index (χ0v) is 21.0. The minimum atomic E-state index is -5.08. The van der Waals surface area contributed by atoms with E-state index in [2.05, 4.69) is 31.5 Å². The fourth-order valence-corrected chi connectivity index (χ4v) is 4.69.